The number of allylic oxidation sites excluding steroid dienone is 1. The van der Waals surface area contributed by atoms with Crippen LogP contribution in [0, 0.1) is 0 Å². The Morgan fingerprint density at radius 3 is 2.65 bits per heavy atom. The highest BCUT2D eigenvalue weighted by Gasteiger charge is 2.17. The fourth-order valence-corrected chi connectivity index (χ4v) is 2.22. The van der Waals surface area contributed by atoms with Crippen molar-refractivity contribution in [1.82, 2.24) is 10.6 Å². The van der Waals surface area contributed by atoms with Gasteiger partial charge in [0.05, 0.1) is 5.70 Å². The highest BCUT2D eigenvalue weighted by atomic mass is 35.5. The second kappa shape index (κ2) is 7.96. The third kappa shape index (κ3) is 5.55. The van der Waals surface area contributed by atoms with Gasteiger partial charge in [0.15, 0.2) is 6.23 Å². The summed E-state index contributed by atoms with van der Waals surface area (Å²) >= 11 is 5.87. The Morgan fingerprint density at radius 2 is 2.04 bits per heavy atom. The van der Waals surface area contributed by atoms with Crippen LogP contribution in [0.2, 0.25) is 0 Å². The van der Waals surface area contributed by atoms with Crippen LogP contribution in [0.3, 0.4) is 0 Å². The Kier molecular flexibility index (Phi) is 5.97. The molecule has 1 heterocycles. The molecule has 1 aliphatic carbocycles. The van der Waals surface area contributed by atoms with Crippen molar-refractivity contribution in [3.05, 3.63) is 47.4 Å². The van der Waals surface area contributed by atoms with Crippen molar-refractivity contribution >= 4 is 23.4 Å². The Bertz CT molecular complexity index is 598. The molecule has 0 bridgehead atoms. The minimum Gasteiger partial charge on any atom is -0.477 e. The molecule has 2 rings (SSSR count). The first-order valence-corrected chi connectivity index (χ1v) is 7.54. The van der Waals surface area contributed by atoms with Crippen molar-refractivity contribution in [2.45, 2.75) is 31.2 Å². The van der Waals surface area contributed by atoms with E-state index in [0.29, 0.717) is 5.70 Å². The Balaban J connectivity index is 1.86. The van der Waals surface area contributed by atoms with E-state index in [2.05, 4.69) is 10.6 Å². The van der Waals surface area contributed by atoms with Crippen LogP contribution in [0.5, 0.6) is 0 Å². The average Bonchev–Trinajstić information content (AvgIpc) is 2.51. The van der Waals surface area contributed by atoms with Gasteiger partial charge in [-0.2, -0.15) is 0 Å². The summed E-state index contributed by atoms with van der Waals surface area (Å²) in [7, 11) is 0. The zero-order chi connectivity index (χ0) is 16.8. The molecule has 0 radical (unpaired) electrons. The van der Waals surface area contributed by atoms with E-state index < -0.39 is 18.0 Å². The molecule has 0 saturated heterocycles. The van der Waals surface area contributed by atoms with E-state index in [1.54, 1.807) is 12.2 Å². The van der Waals surface area contributed by atoms with Crippen LogP contribution in [0.15, 0.2) is 47.4 Å². The molecular weight excluding hydrogens is 320 g/mol. The Hall–Kier alpha value is -2.09. The van der Waals surface area contributed by atoms with Gasteiger partial charge in [0.1, 0.15) is 11.3 Å². The summed E-state index contributed by atoms with van der Waals surface area (Å²) in [6, 6.07) is -0.113. The van der Waals surface area contributed by atoms with E-state index in [1.807, 2.05) is 12.2 Å². The van der Waals surface area contributed by atoms with Gasteiger partial charge in [0.25, 0.3) is 5.91 Å². The molecule has 6 N–H and O–H groups in total. The minimum atomic E-state index is -0.540. The number of hydrogen-bond acceptors (Lipinski definition) is 5. The van der Waals surface area contributed by atoms with Crippen LogP contribution in [0.4, 0.5) is 0 Å². The van der Waals surface area contributed by atoms with Gasteiger partial charge in [-0.15, -0.1) is 0 Å². The van der Waals surface area contributed by atoms with E-state index in [0.717, 1.165) is 18.9 Å². The van der Waals surface area contributed by atoms with Crippen molar-refractivity contribution in [2.75, 3.05) is 0 Å². The van der Waals surface area contributed by atoms with Crippen LogP contribution < -0.4 is 22.1 Å². The maximum atomic E-state index is 11.9. The number of carbonyl (C=O) groups is 2. The summed E-state index contributed by atoms with van der Waals surface area (Å²) in [6.07, 6.45) is 10.2. The zero-order valence-corrected chi connectivity index (χ0v) is 13.1. The summed E-state index contributed by atoms with van der Waals surface area (Å²) in [6.45, 7) is 0. The van der Waals surface area contributed by atoms with Crippen LogP contribution >= 0.6 is 11.6 Å². The predicted octanol–water partition coefficient (Wildman–Crippen LogP) is 0.1000. The molecule has 0 spiro atoms. The molecule has 0 saturated carbocycles. The lowest BCUT2D eigenvalue weighted by Crippen LogP contribution is -2.37. The molecule has 1 aliphatic heterocycles. The fourth-order valence-electron chi connectivity index (χ4n) is 2.06. The second-order valence-corrected chi connectivity index (χ2v) is 5.63. The van der Waals surface area contributed by atoms with Crippen molar-refractivity contribution in [3.63, 3.8) is 0 Å². The number of carbonyl (C=O) groups excluding carboxylic acids is 2. The lowest BCUT2D eigenvalue weighted by atomic mass is 9.99. The molecule has 3 unspecified atom stereocenters. The molecule has 7 nitrogen and oxygen atoms in total. The van der Waals surface area contributed by atoms with Gasteiger partial charge in [-0.05, 0) is 25.0 Å². The minimum absolute atomic E-state index is 0.0205. The maximum Gasteiger partial charge on any atom is 0.263 e. The van der Waals surface area contributed by atoms with Crippen molar-refractivity contribution < 1.29 is 14.3 Å². The summed E-state index contributed by atoms with van der Waals surface area (Å²) < 4.78 is 5.02. The van der Waals surface area contributed by atoms with Crippen LogP contribution in [0.1, 0.15) is 12.8 Å². The van der Waals surface area contributed by atoms with Gasteiger partial charge < -0.3 is 21.1 Å². The van der Waals surface area contributed by atoms with Crippen LogP contribution in [-0.4, -0.2) is 30.1 Å². The normalized spacial score (nSPS) is 27.0. The number of nitrogens with one attached hydrogen (secondary N) is 2. The van der Waals surface area contributed by atoms with Gasteiger partial charge in [0, 0.05) is 18.2 Å². The topological polar surface area (TPSA) is 119 Å². The molecule has 0 fully saturated rings. The Morgan fingerprint density at radius 1 is 1.26 bits per heavy atom. The van der Waals surface area contributed by atoms with Crippen LogP contribution in [-0.2, 0) is 14.3 Å². The smallest absolute Gasteiger partial charge is 0.263 e. The van der Waals surface area contributed by atoms with Gasteiger partial charge in [-0.3, -0.25) is 15.3 Å². The first-order chi connectivity index (χ1) is 10.9. The molecule has 8 heteroatoms. The predicted molar refractivity (Wildman–Crippen MR) is 86.6 cm³/mol. The van der Waals surface area contributed by atoms with E-state index in [4.69, 9.17) is 27.8 Å². The number of ether oxygens (including phenoxy) is 1. The molecular formula is C15H19ClN4O3. The average molecular weight is 339 g/mol. The molecule has 2 aliphatic rings. The molecule has 0 aromatic heterocycles. The standard InChI is InChI=1S/C15H19ClN4O3/c16-12(15(22)20-10-3-1-9(17)2-4-10)7-14(21)19-11-5-6-13(18)23-8-11/h1,3,5-10,13H,2,4,17-18H2,(H,19,21)(H,20,22)/b12-7+. The van der Waals surface area contributed by atoms with Gasteiger partial charge in [-0.25, -0.2) is 0 Å². The molecule has 0 aromatic rings. The van der Waals surface area contributed by atoms with E-state index in [9.17, 15) is 9.59 Å². The first kappa shape index (κ1) is 17.3. The molecule has 23 heavy (non-hydrogen) atoms. The fraction of sp³-hybridized carbons (Fsp3) is 0.333. The summed E-state index contributed by atoms with van der Waals surface area (Å²) in [5.41, 5.74) is 11.6. The second-order valence-electron chi connectivity index (χ2n) is 5.22. The van der Waals surface area contributed by atoms with Gasteiger partial charge >= 0.3 is 0 Å². The number of rotatable bonds is 4. The number of amides is 2. The van der Waals surface area contributed by atoms with Crippen molar-refractivity contribution in [3.8, 4) is 0 Å². The third-order valence-corrected chi connectivity index (χ3v) is 3.56. The molecule has 3 atom stereocenters. The lowest BCUT2D eigenvalue weighted by molar-refractivity contribution is -0.119. The first-order valence-electron chi connectivity index (χ1n) is 7.16. The largest absolute Gasteiger partial charge is 0.477 e. The zero-order valence-electron chi connectivity index (χ0n) is 12.4. The van der Waals surface area contributed by atoms with Crippen molar-refractivity contribution in [1.29, 1.82) is 0 Å². The quantitative estimate of drug-likeness (QED) is 0.428. The number of hydrogen-bond donors (Lipinski definition) is 4. The Labute approximate surface area is 139 Å². The number of halogens is 1. The summed E-state index contributed by atoms with van der Waals surface area (Å²) in [5.74, 6) is -1.06. The van der Waals surface area contributed by atoms with E-state index in [1.165, 1.54) is 6.26 Å². The molecule has 2 amide bonds. The summed E-state index contributed by atoms with van der Waals surface area (Å²) in [4.78, 5) is 23.7. The van der Waals surface area contributed by atoms with Crippen molar-refractivity contribution in [2.24, 2.45) is 11.5 Å². The van der Waals surface area contributed by atoms with Gasteiger partial charge in [0.2, 0.25) is 5.91 Å². The highest BCUT2D eigenvalue weighted by molar-refractivity contribution is 6.43. The number of nitrogens with two attached hydrogens (primary N) is 2. The van der Waals surface area contributed by atoms with Crippen LogP contribution in [0.25, 0.3) is 0 Å². The van der Waals surface area contributed by atoms with E-state index in [-0.39, 0.29) is 17.1 Å². The van der Waals surface area contributed by atoms with Gasteiger partial charge in [-0.1, -0.05) is 23.8 Å². The highest BCUT2D eigenvalue weighted by Crippen LogP contribution is 2.11. The lowest BCUT2D eigenvalue weighted by Gasteiger charge is -2.21. The molecule has 0 aromatic carbocycles. The monoisotopic (exact) mass is 338 g/mol. The van der Waals surface area contributed by atoms with E-state index >= 15 is 0 Å². The maximum absolute atomic E-state index is 11.9. The SMILES string of the molecule is NC1C=CC(NC(=O)/C(Cl)=C\C(=O)NC2=COC(N)C=C2)CC1. The summed E-state index contributed by atoms with van der Waals surface area (Å²) in [5, 5.41) is 5.04. The molecule has 124 valence electrons. The third-order valence-electron chi connectivity index (χ3n) is 3.28.